The van der Waals surface area contributed by atoms with Crippen LogP contribution in [-0.4, -0.2) is 33.9 Å². The molecule has 0 spiro atoms. The Bertz CT molecular complexity index is 709. The van der Waals surface area contributed by atoms with Crippen LogP contribution in [0.5, 0.6) is 0 Å². The molecule has 24 heavy (non-hydrogen) atoms. The van der Waals surface area contributed by atoms with Crippen LogP contribution in [0.2, 0.25) is 4.34 Å². The van der Waals surface area contributed by atoms with Gasteiger partial charge in [-0.15, -0.1) is 11.3 Å². The maximum Gasteiger partial charge on any atom is 0.191 e. The van der Waals surface area contributed by atoms with Crippen molar-refractivity contribution in [2.45, 2.75) is 33.4 Å². The molecule has 0 saturated carbocycles. The predicted octanol–water partition coefficient (Wildman–Crippen LogP) is 2.54. The number of rotatable bonds is 6. The van der Waals surface area contributed by atoms with E-state index >= 15 is 0 Å². The van der Waals surface area contributed by atoms with Gasteiger partial charge >= 0.3 is 0 Å². The molecular weight excluding hydrogens is 346 g/mol. The maximum atomic E-state index is 10.2. The van der Waals surface area contributed by atoms with Crippen molar-refractivity contribution < 1.29 is 5.11 Å². The van der Waals surface area contributed by atoms with Crippen LogP contribution < -0.4 is 10.6 Å². The van der Waals surface area contributed by atoms with Gasteiger partial charge in [-0.2, -0.15) is 5.10 Å². The van der Waals surface area contributed by atoms with Gasteiger partial charge in [0.05, 0.1) is 16.6 Å². The second-order valence-corrected chi connectivity index (χ2v) is 7.25. The first kappa shape index (κ1) is 18.8. The first-order valence-corrected chi connectivity index (χ1v) is 9.06. The molecule has 0 aromatic carbocycles. The summed E-state index contributed by atoms with van der Waals surface area (Å²) in [5.41, 5.74) is 3.23. The van der Waals surface area contributed by atoms with E-state index in [9.17, 15) is 5.11 Å². The van der Waals surface area contributed by atoms with Crippen LogP contribution in [0.4, 0.5) is 0 Å². The highest BCUT2D eigenvalue weighted by atomic mass is 35.5. The van der Waals surface area contributed by atoms with E-state index in [4.69, 9.17) is 11.6 Å². The van der Waals surface area contributed by atoms with E-state index in [-0.39, 0.29) is 0 Å². The molecule has 0 amide bonds. The van der Waals surface area contributed by atoms with Crippen molar-refractivity contribution in [2.24, 2.45) is 12.0 Å². The predicted molar refractivity (Wildman–Crippen MR) is 99.8 cm³/mol. The Morgan fingerprint density at radius 2 is 2.17 bits per heavy atom. The summed E-state index contributed by atoms with van der Waals surface area (Å²) in [5.74, 6) is 0.668. The second kappa shape index (κ2) is 8.50. The smallest absolute Gasteiger partial charge is 0.191 e. The van der Waals surface area contributed by atoms with Crippen molar-refractivity contribution in [3.63, 3.8) is 0 Å². The molecule has 0 aliphatic rings. The highest BCUT2D eigenvalue weighted by Gasteiger charge is 2.12. The van der Waals surface area contributed by atoms with Gasteiger partial charge in [0, 0.05) is 36.3 Å². The second-order valence-electron chi connectivity index (χ2n) is 5.51. The molecule has 2 heterocycles. The summed E-state index contributed by atoms with van der Waals surface area (Å²) in [6, 6.07) is 3.63. The third-order valence-electron chi connectivity index (χ3n) is 3.78. The molecule has 132 valence electrons. The quantitative estimate of drug-likeness (QED) is 0.540. The van der Waals surface area contributed by atoms with Gasteiger partial charge in [0.25, 0.3) is 0 Å². The number of hydrogen-bond acceptors (Lipinski definition) is 4. The van der Waals surface area contributed by atoms with E-state index in [1.54, 1.807) is 6.07 Å². The number of nitrogens with zero attached hydrogens (tertiary/aromatic N) is 3. The zero-order chi connectivity index (χ0) is 17.7. The lowest BCUT2D eigenvalue weighted by molar-refractivity contribution is 0.184. The molecule has 2 aromatic heterocycles. The number of aromatic nitrogens is 2. The molecule has 1 unspecified atom stereocenters. The zero-order valence-electron chi connectivity index (χ0n) is 14.4. The Kier molecular flexibility index (Phi) is 6.65. The number of guanidine groups is 1. The summed E-state index contributed by atoms with van der Waals surface area (Å²) in [6.07, 6.45) is -0.617. The number of nitrogens with one attached hydrogen (secondary N) is 2. The summed E-state index contributed by atoms with van der Waals surface area (Å²) >= 11 is 7.29. The fraction of sp³-hybridized carbons (Fsp3) is 0.500. The largest absolute Gasteiger partial charge is 0.386 e. The van der Waals surface area contributed by atoms with Gasteiger partial charge in [0.2, 0.25) is 0 Å². The number of halogens is 1. The third kappa shape index (κ3) is 4.72. The molecule has 8 heteroatoms. The Morgan fingerprint density at radius 1 is 1.42 bits per heavy atom. The minimum Gasteiger partial charge on any atom is -0.386 e. The van der Waals surface area contributed by atoms with Crippen molar-refractivity contribution in [2.75, 3.05) is 13.1 Å². The fourth-order valence-corrected chi connectivity index (χ4v) is 3.39. The van der Waals surface area contributed by atoms with Crippen molar-refractivity contribution in [3.05, 3.63) is 38.3 Å². The van der Waals surface area contributed by atoms with Crippen LogP contribution >= 0.6 is 22.9 Å². The van der Waals surface area contributed by atoms with Gasteiger partial charge in [-0.3, -0.25) is 4.68 Å². The molecule has 0 aliphatic heterocycles. The topological polar surface area (TPSA) is 74.5 Å². The van der Waals surface area contributed by atoms with E-state index in [1.165, 1.54) is 11.3 Å². The van der Waals surface area contributed by atoms with Gasteiger partial charge in [-0.1, -0.05) is 11.6 Å². The third-order valence-corrected chi connectivity index (χ3v) is 5.12. The summed E-state index contributed by atoms with van der Waals surface area (Å²) < 4.78 is 2.54. The first-order valence-electron chi connectivity index (χ1n) is 7.87. The molecule has 0 radical (unpaired) electrons. The average molecular weight is 370 g/mol. The normalized spacial score (nSPS) is 13.2. The first-order chi connectivity index (χ1) is 11.4. The van der Waals surface area contributed by atoms with E-state index < -0.39 is 6.10 Å². The molecule has 0 bridgehead atoms. The number of aliphatic imine (C=N–C) groups is 1. The maximum absolute atomic E-state index is 10.2. The molecule has 2 aromatic rings. The molecule has 3 N–H and O–H groups in total. The van der Waals surface area contributed by atoms with Crippen LogP contribution in [0.25, 0.3) is 0 Å². The summed E-state index contributed by atoms with van der Waals surface area (Å²) in [5, 5.41) is 21.0. The van der Waals surface area contributed by atoms with Crippen LogP contribution in [0.15, 0.2) is 17.1 Å². The highest BCUT2D eigenvalue weighted by Crippen LogP contribution is 2.26. The van der Waals surface area contributed by atoms with Crippen molar-refractivity contribution in [1.29, 1.82) is 0 Å². The average Bonchev–Trinajstić information content (AvgIpc) is 3.07. The summed E-state index contributed by atoms with van der Waals surface area (Å²) in [4.78, 5) is 5.43. The van der Waals surface area contributed by atoms with Gasteiger partial charge in [-0.05, 0) is 32.9 Å². The van der Waals surface area contributed by atoms with Crippen molar-refractivity contribution in [3.8, 4) is 0 Å². The van der Waals surface area contributed by atoms with Gasteiger partial charge in [0.1, 0.15) is 6.10 Å². The van der Waals surface area contributed by atoms with Crippen LogP contribution in [-0.2, 0) is 13.6 Å². The number of aryl methyl sites for hydroxylation is 2. The van der Waals surface area contributed by atoms with Gasteiger partial charge < -0.3 is 15.7 Å². The molecule has 0 fully saturated rings. The fourth-order valence-electron chi connectivity index (χ4n) is 2.35. The Hall–Kier alpha value is -1.57. The van der Waals surface area contributed by atoms with Gasteiger partial charge in [-0.25, -0.2) is 4.99 Å². The van der Waals surface area contributed by atoms with E-state index in [0.717, 1.165) is 28.4 Å². The van der Waals surface area contributed by atoms with Crippen molar-refractivity contribution in [1.82, 2.24) is 20.4 Å². The number of hydrogen-bond donors (Lipinski definition) is 3. The zero-order valence-corrected chi connectivity index (χ0v) is 16.0. The molecule has 6 nitrogen and oxygen atoms in total. The number of aliphatic hydroxyl groups excluding tert-OH is 1. The lowest BCUT2D eigenvalue weighted by Gasteiger charge is -2.14. The Labute approximate surface area is 151 Å². The van der Waals surface area contributed by atoms with Crippen molar-refractivity contribution >= 4 is 28.9 Å². The SMILES string of the molecule is CCNC(=NCc1c(C)nn(C)c1C)NCC(O)c1ccc(Cl)s1. The van der Waals surface area contributed by atoms with Crippen LogP contribution in [0, 0.1) is 13.8 Å². The Balaban J connectivity index is 2.00. The van der Waals surface area contributed by atoms with E-state index in [1.807, 2.05) is 38.6 Å². The van der Waals surface area contributed by atoms with E-state index in [0.29, 0.717) is 23.4 Å². The molecule has 2 rings (SSSR count). The minimum absolute atomic E-state index is 0.369. The molecular formula is C16H24ClN5OS. The number of aliphatic hydroxyl groups is 1. The monoisotopic (exact) mass is 369 g/mol. The van der Waals surface area contributed by atoms with Crippen LogP contribution in [0.1, 0.15) is 34.9 Å². The minimum atomic E-state index is -0.617. The molecule has 0 aliphatic carbocycles. The highest BCUT2D eigenvalue weighted by molar-refractivity contribution is 7.16. The number of thiophene rings is 1. The lowest BCUT2D eigenvalue weighted by atomic mass is 10.2. The summed E-state index contributed by atoms with van der Waals surface area (Å²) in [7, 11) is 1.93. The Morgan fingerprint density at radius 3 is 2.71 bits per heavy atom. The standard InChI is InChI=1S/C16H24ClN5OS/c1-5-18-16(19-8-12-10(2)21-22(4)11(12)3)20-9-13(23)14-6-7-15(17)24-14/h6-7,13,23H,5,8-9H2,1-4H3,(H2,18,19,20). The van der Waals surface area contributed by atoms with Gasteiger partial charge in [0.15, 0.2) is 5.96 Å². The lowest BCUT2D eigenvalue weighted by Crippen LogP contribution is -2.39. The van der Waals surface area contributed by atoms with Crippen LogP contribution in [0.3, 0.4) is 0 Å². The molecule has 1 atom stereocenters. The van der Waals surface area contributed by atoms with E-state index in [2.05, 4.69) is 20.7 Å². The summed E-state index contributed by atoms with van der Waals surface area (Å²) in [6.45, 7) is 7.69. The molecule has 0 saturated heterocycles.